The normalized spacial score (nSPS) is 11.9. The number of rotatable bonds is 5. The van der Waals surface area contributed by atoms with Gasteiger partial charge in [0.2, 0.25) is 0 Å². The maximum atomic E-state index is 6.93. The second-order valence-corrected chi connectivity index (χ2v) is 15.5. The molecule has 56 heavy (non-hydrogen) atoms. The molecule has 4 heteroatoms. The van der Waals surface area contributed by atoms with Crippen molar-refractivity contribution in [3.63, 3.8) is 0 Å². The minimum Gasteiger partial charge on any atom is -0.455 e. The standard InChI is InChI=1S/C52H31NO2S/c1-2-12-32(13-3-1)33-24-26-35(27-25-33)53(45-21-11-19-41-39-17-7-9-23-48(39)56-52(41)45)36-28-29-47-43(31-36)44-30-34-14-4-5-15-37(34)49(51(44)55-47)42-20-10-18-40-38-16-6-8-22-46(38)54-50(40)42/h1-31H. The van der Waals surface area contributed by atoms with Crippen LogP contribution < -0.4 is 4.90 Å². The fourth-order valence-electron chi connectivity index (χ4n) is 8.68. The van der Waals surface area contributed by atoms with E-state index in [9.17, 15) is 0 Å². The fourth-order valence-corrected chi connectivity index (χ4v) is 9.89. The summed E-state index contributed by atoms with van der Waals surface area (Å²) in [5, 5.41) is 9.17. The van der Waals surface area contributed by atoms with E-state index in [0.717, 1.165) is 82.8 Å². The summed E-state index contributed by atoms with van der Waals surface area (Å²) in [6.07, 6.45) is 0. The maximum Gasteiger partial charge on any atom is 0.144 e. The average molecular weight is 734 g/mol. The van der Waals surface area contributed by atoms with Crippen LogP contribution in [0.2, 0.25) is 0 Å². The van der Waals surface area contributed by atoms with Crippen molar-refractivity contribution >= 4 is 103 Å². The summed E-state index contributed by atoms with van der Waals surface area (Å²) in [6, 6.07) is 67.1. The number of hydrogen-bond acceptors (Lipinski definition) is 4. The van der Waals surface area contributed by atoms with Crippen LogP contribution in [0.5, 0.6) is 0 Å². The molecular weight excluding hydrogens is 703 g/mol. The van der Waals surface area contributed by atoms with Crippen molar-refractivity contribution in [1.82, 2.24) is 0 Å². The Hall–Kier alpha value is -7.14. The third-order valence-electron chi connectivity index (χ3n) is 11.3. The van der Waals surface area contributed by atoms with Crippen molar-refractivity contribution in [2.24, 2.45) is 0 Å². The molecule has 0 saturated carbocycles. The second-order valence-electron chi connectivity index (χ2n) is 14.4. The lowest BCUT2D eigenvalue weighted by atomic mass is 9.94. The number of furan rings is 2. The molecule has 0 bridgehead atoms. The lowest BCUT2D eigenvalue weighted by molar-refractivity contribution is 0.665. The van der Waals surface area contributed by atoms with E-state index in [2.05, 4.69) is 181 Å². The first-order valence-electron chi connectivity index (χ1n) is 18.9. The lowest BCUT2D eigenvalue weighted by Crippen LogP contribution is -2.10. The molecule has 0 radical (unpaired) electrons. The summed E-state index contributed by atoms with van der Waals surface area (Å²) < 4.78 is 16.1. The molecule has 0 fully saturated rings. The molecular formula is C52H31NO2S. The monoisotopic (exact) mass is 733 g/mol. The Bertz CT molecular complexity index is 3480. The molecule has 3 heterocycles. The lowest BCUT2D eigenvalue weighted by Gasteiger charge is -2.26. The molecule has 0 saturated heterocycles. The molecule has 9 aromatic carbocycles. The van der Waals surface area contributed by atoms with E-state index in [4.69, 9.17) is 8.83 Å². The molecule has 12 rings (SSSR count). The van der Waals surface area contributed by atoms with E-state index in [1.807, 2.05) is 23.5 Å². The zero-order chi connectivity index (χ0) is 36.7. The number of nitrogens with zero attached hydrogens (tertiary/aromatic N) is 1. The van der Waals surface area contributed by atoms with E-state index in [-0.39, 0.29) is 0 Å². The first kappa shape index (κ1) is 31.2. The Morgan fingerprint density at radius 2 is 1.05 bits per heavy atom. The molecule has 0 aliphatic heterocycles. The molecule has 3 nitrogen and oxygen atoms in total. The van der Waals surface area contributed by atoms with Crippen LogP contribution in [0.4, 0.5) is 17.1 Å². The van der Waals surface area contributed by atoms with Gasteiger partial charge in [0.1, 0.15) is 22.3 Å². The molecule has 0 N–H and O–H groups in total. The SMILES string of the molecule is c1ccc(-c2ccc(N(c3ccc4oc5c(-c6cccc7c6oc6ccccc67)c6ccccc6cc5c4c3)c3cccc4c3sc3ccccc34)cc2)cc1. The van der Waals surface area contributed by atoms with Crippen molar-refractivity contribution in [2.45, 2.75) is 0 Å². The van der Waals surface area contributed by atoms with Gasteiger partial charge in [-0.3, -0.25) is 0 Å². The molecule has 0 unspecified atom stereocenters. The molecule has 0 aliphatic carbocycles. The van der Waals surface area contributed by atoms with Gasteiger partial charge in [0.05, 0.1) is 10.4 Å². The highest BCUT2D eigenvalue weighted by atomic mass is 32.1. The van der Waals surface area contributed by atoms with Crippen molar-refractivity contribution < 1.29 is 8.83 Å². The smallest absolute Gasteiger partial charge is 0.144 e. The Kier molecular flexibility index (Phi) is 6.80. The molecule has 0 spiro atoms. The van der Waals surface area contributed by atoms with Crippen molar-refractivity contribution in [1.29, 1.82) is 0 Å². The van der Waals surface area contributed by atoms with Crippen LogP contribution in [0.15, 0.2) is 197 Å². The summed E-state index contributed by atoms with van der Waals surface area (Å²) in [6.45, 7) is 0. The zero-order valence-electron chi connectivity index (χ0n) is 30.1. The Balaban J connectivity index is 1.11. The first-order valence-corrected chi connectivity index (χ1v) is 19.7. The van der Waals surface area contributed by atoms with Crippen LogP contribution in [0, 0.1) is 0 Å². The van der Waals surface area contributed by atoms with E-state index in [0.29, 0.717) is 0 Å². The molecule has 0 amide bonds. The van der Waals surface area contributed by atoms with Crippen LogP contribution in [-0.2, 0) is 0 Å². The number of benzene rings is 9. The largest absolute Gasteiger partial charge is 0.455 e. The summed E-state index contributed by atoms with van der Waals surface area (Å²) in [5.74, 6) is 0. The average Bonchev–Trinajstić information content (AvgIpc) is 3.95. The Labute approximate surface area is 325 Å². The summed E-state index contributed by atoms with van der Waals surface area (Å²) >= 11 is 1.85. The van der Waals surface area contributed by atoms with Crippen molar-refractivity contribution in [2.75, 3.05) is 4.90 Å². The highest BCUT2D eigenvalue weighted by Gasteiger charge is 2.23. The minimum atomic E-state index is 0.844. The molecule has 0 aliphatic rings. The van der Waals surface area contributed by atoms with E-state index in [1.165, 1.54) is 31.3 Å². The van der Waals surface area contributed by atoms with E-state index in [1.54, 1.807) is 0 Å². The van der Waals surface area contributed by atoms with Crippen LogP contribution >= 0.6 is 11.3 Å². The van der Waals surface area contributed by atoms with Gasteiger partial charge in [-0.25, -0.2) is 0 Å². The predicted molar refractivity (Wildman–Crippen MR) is 237 cm³/mol. The van der Waals surface area contributed by atoms with Crippen molar-refractivity contribution in [3.05, 3.63) is 188 Å². The Morgan fingerprint density at radius 1 is 0.393 bits per heavy atom. The van der Waals surface area contributed by atoms with Crippen LogP contribution in [0.3, 0.4) is 0 Å². The number of hydrogen-bond donors (Lipinski definition) is 0. The van der Waals surface area contributed by atoms with Gasteiger partial charge in [0.25, 0.3) is 0 Å². The van der Waals surface area contributed by atoms with E-state index < -0.39 is 0 Å². The summed E-state index contributed by atoms with van der Waals surface area (Å²) in [5.41, 5.74) is 11.2. The number of para-hydroxylation sites is 2. The first-order chi connectivity index (χ1) is 27.8. The predicted octanol–water partition coefficient (Wildman–Crippen LogP) is 15.8. The molecule has 12 aromatic rings. The summed E-state index contributed by atoms with van der Waals surface area (Å²) in [7, 11) is 0. The van der Waals surface area contributed by atoms with Gasteiger partial charge < -0.3 is 13.7 Å². The van der Waals surface area contributed by atoms with Crippen LogP contribution in [0.25, 0.3) is 97.1 Å². The highest BCUT2D eigenvalue weighted by molar-refractivity contribution is 7.26. The Morgan fingerprint density at radius 3 is 1.95 bits per heavy atom. The van der Waals surface area contributed by atoms with Gasteiger partial charge >= 0.3 is 0 Å². The molecule has 3 aromatic heterocycles. The topological polar surface area (TPSA) is 29.5 Å². The van der Waals surface area contributed by atoms with E-state index >= 15 is 0 Å². The number of thiophene rings is 1. The highest BCUT2D eigenvalue weighted by Crippen LogP contribution is 2.48. The van der Waals surface area contributed by atoms with Gasteiger partial charge in [0.15, 0.2) is 0 Å². The summed E-state index contributed by atoms with van der Waals surface area (Å²) in [4.78, 5) is 2.40. The van der Waals surface area contributed by atoms with Gasteiger partial charge in [-0.1, -0.05) is 133 Å². The second kappa shape index (κ2) is 12.2. The number of anilines is 3. The van der Waals surface area contributed by atoms with Crippen molar-refractivity contribution in [3.8, 4) is 22.3 Å². The third kappa shape index (κ3) is 4.70. The fraction of sp³-hybridized carbons (Fsp3) is 0. The molecule has 262 valence electrons. The quantitative estimate of drug-likeness (QED) is 0.176. The van der Waals surface area contributed by atoms with Gasteiger partial charge in [-0.05, 0) is 76.5 Å². The van der Waals surface area contributed by atoms with Crippen LogP contribution in [-0.4, -0.2) is 0 Å². The zero-order valence-corrected chi connectivity index (χ0v) is 30.9. The maximum absolute atomic E-state index is 6.93. The third-order valence-corrected chi connectivity index (χ3v) is 12.5. The van der Waals surface area contributed by atoms with Gasteiger partial charge in [-0.15, -0.1) is 11.3 Å². The minimum absolute atomic E-state index is 0.844. The van der Waals surface area contributed by atoms with Gasteiger partial charge in [-0.2, -0.15) is 0 Å². The van der Waals surface area contributed by atoms with Crippen LogP contribution in [0.1, 0.15) is 0 Å². The number of fused-ring (bicyclic) bond motifs is 10. The molecule has 0 atom stereocenters. The van der Waals surface area contributed by atoms with Gasteiger partial charge in [0, 0.05) is 59.5 Å².